The zero-order chi connectivity index (χ0) is 21.3. The van der Waals surface area contributed by atoms with Crippen LogP contribution in [0.4, 0.5) is 0 Å². The molecule has 156 valence electrons. The van der Waals surface area contributed by atoms with Gasteiger partial charge in [-0.25, -0.2) is 0 Å². The zero-order valence-corrected chi connectivity index (χ0v) is 18.4. The lowest BCUT2D eigenvalue weighted by molar-refractivity contribution is 0.444. The first-order valence-electron chi connectivity index (χ1n) is 12.0. The fourth-order valence-corrected chi connectivity index (χ4v) is 5.83. The molecule has 1 saturated carbocycles. The normalized spacial score (nSPS) is 14.8. The Morgan fingerprint density at radius 2 is 0.938 bits per heavy atom. The van der Waals surface area contributed by atoms with Crippen LogP contribution in [0, 0.1) is 0 Å². The minimum absolute atomic E-state index is 0.672. The molecule has 0 heterocycles. The van der Waals surface area contributed by atoms with Crippen LogP contribution in [-0.4, -0.2) is 0 Å². The van der Waals surface area contributed by atoms with E-state index in [9.17, 15) is 0 Å². The molecule has 1 aliphatic rings. The number of hydrogen-bond donors (Lipinski definition) is 0. The fraction of sp³-hybridized carbons (Fsp3) is 0.188. The van der Waals surface area contributed by atoms with Crippen LogP contribution in [0.2, 0.25) is 0 Å². The molecule has 0 heteroatoms. The van der Waals surface area contributed by atoms with E-state index in [2.05, 4.69) is 103 Å². The van der Waals surface area contributed by atoms with E-state index in [1.807, 2.05) is 0 Å². The summed E-state index contributed by atoms with van der Waals surface area (Å²) in [6.45, 7) is 0. The maximum absolute atomic E-state index is 2.39. The Labute approximate surface area is 190 Å². The van der Waals surface area contributed by atoms with Gasteiger partial charge in [-0.15, -0.1) is 0 Å². The van der Waals surface area contributed by atoms with E-state index in [1.54, 1.807) is 0 Å². The topological polar surface area (TPSA) is 0 Å². The highest BCUT2D eigenvalue weighted by Crippen LogP contribution is 2.46. The van der Waals surface area contributed by atoms with Crippen molar-refractivity contribution in [1.82, 2.24) is 0 Å². The summed E-state index contributed by atoms with van der Waals surface area (Å²) in [6.07, 6.45) is 6.72. The van der Waals surface area contributed by atoms with Gasteiger partial charge in [0.25, 0.3) is 0 Å². The number of fused-ring (bicyclic) bond motifs is 2. The van der Waals surface area contributed by atoms with Gasteiger partial charge in [-0.2, -0.15) is 0 Å². The van der Waals surface area contributed by atoms with Gasteiger partial charge in [0.1, 0.15) is 0 Å². The Kier molecular flexibility index (Phi) is 5.00. The lowest BCUT2D eigenvalue weighted by atomic mass is 9.78. The molecule has 0 spiro atoms. The van der Waals surface area contributed by atoms with Crippen molar-refractivity contribution in [1.29, 1.82) is 0 Å². The molecule has 0 nitrogen and oxygen atoms in total. The molecular weight excluding hydrogens is 384 g/mol. The van der Waals surface area contributed by atoms with E-state index in [4.69, 9.17) is 0 Å². The van der Waals surface area contributed by atoms with Crippen molar-refractivity contribution >= 4 is 21.5 Å². The average molecular weight is 413 g/mol. The van der Waals surface area contributed by atoms with Gasteiger partial charge in [-0.3, -0.25) is 0 Å². The van der Waals surface area contributed by atoms with Gasteiger partial charge in [0.2, 0.25) is 0 Å². The molecule has 5 aromatic carbocycles. The molecule has 0 bridgehead atoms. The molecule has 6 rings (SSSR count). The SMILES string of the molecule is c1ccc(-c2c3ccccc3c(-c3ccccc3C3CCCCC3)c3ccccc23)cc1. The Morgan fingerprint density at radius 3 is 1.56 bits per heavy atom. The molecule has 0 atom stereocenters. The van der Waals surface area contributed by atoms with Crippen molar-refractivity contribution < 1.29 is 0 Å². The van der Waals surface area contributed by atoms with Crippen LogP contribution in [0.3, 0.4) is 0 Å². The summed E-state index contributed by atoms with van der Waals surface area (Å²) in [5.41, 5.74) is 6.99. The third-order valence-electron chi connectivity index (χ3n) is 7.27. The van der Waals surface area contributed by atoms with Gasteiger partial charge in [0, 0.05) is 0 Å². The van der Waals surface area contributed by atoms with E-state index in [0.29, 0.717) is 5.92 Å². The third kappa shape index (κ3) is 3.22. The number of rotatable bonds is 3. The molecule has 0 saturated heterocycles. The molecule has 1 fully saturated rings. The average Bonchev–Trinajstić information content (AvgIpc) is 2.88. The van der Waals surface area contributed by atoms with E-state index in [-0.39, 0.29) is 0 Å². The summed E-state index contributed by atoms with van der Waals surface area (Å²) in [4.78, 5) is 0. The summed E-state index contributed by atoms with van der Waals surface area (Å²) >= 11 is 0. The van der Waals surface area contributed by atoms with Crippen LogP contribution >= 0.6 is 0 Å². The third-order valence-corrected chi connectivity index (χ3v) is 7.27. The summed E-state index contributed by atoms with van der Waals surface area (Å²) in [5.74, 6) is 0.672. The standard InChI is InChI=1S/C32H28/c1-3-13-23(14-4-1)25-17-7-8-18-26(25)32-29-21-11-9-19-27(29)31(24-15-5-2-6-16-24)28-20-10-12-22-30(28)32/h2,5-12,15-23H,1,3-4,13-14H2. The van der Waals surface area contributed by atoms with Gasteiger partial charge >= 0.3 is 0 Å². The van der Waals surface area contributed by atoms with Gasteiger partial charge in [0.15, 0.2) is 0 Å². The first kappa shape index (κ1) is 19.3. The predicted molar refractivity (Wildman–Crippen MR) is 138 cm³/mol. The van der Waals surface area contributed by atoms with E-state index >= 15 is 0 Å². The van der Waals surface area contributed by atoms with Crippen molar-refractivity contribution in [3.8, 4) is 22.3 Å². The Hall–Kier alpha value is -3.38. The number of hydrogen-bond acceptors (Lipinski definition) is 0. The van der Waals surface area contributed by atoms with Gasteiger partial charge in [0.05, 0.1) is 0 Å². The second-order valence-corrected chi connectivity index (χ2v) is 9.13. The second-order valence-electron chi connectivity index (χ2n) is 9.13. The van der Waals surface area contributed by atoms with Crippen LogP contribution in [0.25, 0.3) is 43.8 Å². The lowest BCUT2D eigenvalue weighted by Gasteiger charge is -2.26. The van der Waals surface area contributed by atoms with Crippen molar-refractivity contribution in [3.63, 3.8) is 0 Å². The van der Waals surface area contributed by atoms with E-state index in [1.165, 1.54) is 81.5 Å². The summed E-state index contributed by atoms with van der Waals surface area (Å²) in [7, 11) is 0. The molecule has 5 aromatic rings. The minimum Gasteiger partial charge on any atom is -0.0622 e. The largest absolute Gasteiger partial charge is 0.0622 e. The van der Waals surface area contributed by atoms with Crippen LogP contribution < -0.4 is 0 Å². The molecule has 0 amide bonds. The summed E-state index contributed by atoms with van der Waals surface area (Å²) in [6, 6.07) is 38.1. The molecule has 32 heavy (non-hydrogen) atoms. The molecule has 0 unspecified atom stereocenters. The van der Waals surface area contributed by atoms with Gasteiger partial charge in [-0.1, -0.05) is 122 Å². The second kappa shape index (κ2) is 8.28. The predicted octanol–water partition coefficient (Wildman–Crippen LogP) is 9.37. The Bertz CT molecular complexity index is 1330. The highest BCUT2D eigenvalue weighted by molar-refractivity contribution is 6.21. The van der Waals surface area contributed by atoms with Crippen molar-refractivity contribution in [2.45, 2.75) is 38.0 Å². The van der Waals surface area contributed by atoms with E-state index < -0.39 is 0 Å². The minimum atomic E-state index is 0.672. The van der Waals surface area contributed by atoms with Crippen molar-refractivity contribution in [2.75, 3.05) is 0 Å². The van der Waals surface area contributed by atoms with Gasteiger partial charge < -0.3 is 0 Å². The van der Waals surface area contributed by atoms with Crippen LogP contribution in [0.5, 0.6) is 0 Å². The first-order valence-corrected chi connectivity index (χ1v) is 12.0. The maximum atomic E-state index is 2.39. The molecular formula is C32H28. The molecule has 1 aliphatic carbocycles. The molecule has 0 aromatic heterocycles. The highest BCUT2D eigenvalue weighted by atomic mass is 14.3. The lowest BCUT2D eigenvalue weighted by Crippen LogP contribution is -2.06. The summed E-state index contributed by atoms with van der Waals surface area (Å²) < 4.78 is 0. The van der Waals surface area contributed by atoms with Gasteiger partial charge in [-0.05, 0) is 68.1 Å². The Balaban J connectivity index is 1.72. The smallest absolute Gasteiger partial charge is 0.00235 e. The first-order chi connectivity index (χ1) is 15.9. The monoisotopic (exact) mass is 412 g/mol. The quantitative estimate of drug-likeness (QED) is 0.259. The summed E-state index contributed by atoms with van der Waals surface area (Å²) in [5, 5.41) is 5.39. The fourth-order valence-electron chi connectivity index (χ4n) is 5.83. The van der Waals surface area contributed by atoms with Crippen molar-refractivity contribution in [2.24, 2.45) is 0 Å². The van der Waals surface area contributed by atoms with E-state index in [0.717, 1.165) is 0 Å². The number of benzene rings is 5. The van der Waals surface area contributed by atoms with Crippen LogP contribution in [0.15, 0.2) is 103 Å². The molecule has 0 radical (unpaired) electrons. The van der Waals surface area contributed by atoms with Crippen LogP contribution in [-0.2, 0) is 0 Å². The van der Waals surface area contributed by atoms with Crippen molar-refractivity contribution in [3.05, 3.63) is 109 Å². The zero-order valence-electron chi connectivity index (χ0n) is 18.4. The maximum Gasteiger partial charge on any atom is -0.00235 e. The Morgan fingerprint density at radius 1 is 0.438 bits per heavy atom. The molecule has 0 aliphatic heterocycles. The van der Waals surface area contributed by atoms with Crippen LogP contribution in [0.1, 0.15) is 43.6 Å². The molecule has 0 N–H and O–H groups in total. The highest BCUT2D eigenvalue weighted by Gasteiger charge is 2.22.